The summed E-state index contributed by atoms with van der Waals surface area (Å²) >= 11 is 0. The van der Waals surface area contributed by atoms with Crippen LogP contribution in [0.2, 0.25) is 0 Å². The number of nitrogens with zero attached hydrogens (tertiary/aromatic N) is 3. The summed E-state index contributed by atoms with van der Waals surface area (Å²) in [6.45, 7) is 2.39. The van der Waals surface area contributed by atoms with Crippen molar-refractivity contribution in [3.63, 3.8) is 0 Å². The van der Waals surface area contributed by atoms with Gasteiger partial charge >= 0.3 is 6.03 Å². The van der Waals surface area contributed by atoms with E-state index in [1.807, 2.05) is 0 Å². The van der Waals surface area contributed by atoms with Crippen LogP contribution in [-0.4, -0.2) is 71.2 Å². The van der Waals surface area contributed by atoms with Crippen LogP contribution < -0.4 is 5.73 Å². The molecule has 0 radical (unpaired) electrons. The number of rotatable bonds is 6. The maximum absolute atomic E-state index is 12.1. The molecule has 2 aliphatic heterocycles. The summed E-state index contributed by atoms with van der Waals surface area (Å²) in [5.74, 6) is -0.457. The van der Waals surface area contributed by atoms with Gasteiger partial charge < -0.3 is 15.5 Å². The summed E-state index contributed by atoms with van der Waals surface area (Å²) in [5, 5.41) is 0. The molecule has 8 nitrogen and oxygen atoms in total. The van der Waals surface area contributed by atoms with Crippen molar-refractivity contribution in [1.29, 1.82) is 0 Å². The van der Waals surface area contributed by atoms with Crippen molar-refractivity contribution in [2.24, 2.45) is 5.73 Å². The molecule has 0 saturated carbocycles. The van der Waals surface area contributed by atoms with Crippen LogP contribution in [0.4, 0.5) is 4.79 Å². The molecule has 1 saturated heterocycles. The zero-order valence-electron chi connectivity index (χ0n) is 13.1. The van der Waals surface area contributed by atoms with Gasteiger partial charge in [0, 0.05) is 51.3 Å². The van der Waals surface area contributed by atoms with Gasteiger partial charge in [0.25, 0.3) is 11.8 Å². The van der Waals surface area contributed by atoms with Crippen molar-refractivity contribution in [2.75, 3.05) is 32.7 Å². The summed E-state index contributed by atoms with van der Waals surface area (Å²) in [6.07, 6.45) is 5.19. The number of unbranched alkanes of at least 4 members (excludes halogenated alkanes) is 2. The van der Waals surface area contributed by atoms with E-state index in [0.29, 0.717) is 45.6 Å². The predicted molar refractivity (Wildman–Crippen MR) is 82.1 cm³/mol. The first-order chi connectivity index (χ1) is 11.0. The molecule has 126 valence electrons. The summed E-state index contributed by atoms with van der Waals surface area (Å²) in [7, 11) is 0. The minimum absolute atomic E-state index is 0.0733. The summed E-state index contributed by atoms with van der Waals surface area (Å²) < 4.78 is 0. The van der Waals surface area contributed by atoms with Crippen molar-refractivity contribution < 1.29 is 19.2 Å². The number of imide groups is 1. The molecule has 2 heterocycles. The second-order valence-electron chi connectivity index (χ2n) is 5.68. The lowest BCUT2D eigenvalue weighted by Crippen LogP contribution is -2.52. The zero-order valence-corrected chi connectivity index (χ0v) is 13.1. The molecule has 0 aromatic rings. The third-order valence-electron chi connectivity index (χ3n) is 4.12. The van der Waals surface area contributed by atoms with E-state index in [1.54, 1.807) is 4.90 Å². The molecule has 0 bridgehead atoms. The van der Waals surface area contributed by atoms with Crippen LogP contribution in [-0.2, 0) is 14.4 Å². The summed E-state index contributed by atoms with van der Waals surface area (Å²) in [6, 6.07) is -0.447. The molecule has 0 aromatic carbocycles. The Bertz CT molecular complexity index is 506. The van der Waals surface area contributed by atoms with Crippen LogP contribution in [0.25, 0.3) is 0 Å². The lowest BCUT2D eigenvalue weighted by atomic mass is 10.1. The van der Waals surface area contributed by atoms with Gasteiger partial charge in [-0.05, 0) is 12.8 Å². The van der Waals surface area contributed by atoms with Crippen molar-refractivity contribution in [3.8, 4) is 0 Å². The number of urea groups is 1. The number of primary amides is 1. The Balaban J connectivity index is 1.58. The van der Waals surface area contributed by atoms with Gasteiger partial charge in [0.15, 0.2) is 0 Å². The molecule has 2 rings (SSSR count). The molecule has 1 fully saturated rings. The minimum Gasteiger partial charge on any atom is -0.351 e. The molecular weight excluding hydrogens is 300 g/mol. The molecule has 23 heavy (non-hydrogen) atoms. The fraction of sp³-hybridized carbons (Fsp3) is 0.600. The Morgan fingerprint density at radius 2 is 1.48 bits per heavy atom. The molecule has 0 aliphatic carbocycles. The Kier molecular flexibility index (Phi) is 5.72. The highest BCUT2D eigenvalue weighted by Crippen LogP contribution is 2.10. The van der Waals surface area contributed by atoms with Gasteiger partial charge in [0.2, 0.25) is 5.91 Å². The topological polar surface area (TPSA) is 104 Å². The highest BCUT2D eigenvalue weighted by molar-refractivity contribution is 6.12. The van der Waals surface area contributed by atoms with Gasteiger partial charge in [0.1, 0.15) is 0 Å². The van der Waals surface area contributed by atoms with Crippen molar-refractivity contribution in [3.05, 3.63) is 12.2 Å². The standard InChI is InChI=1S/C15H22N4O4/c16-15(23)18-10-8-17(9-11-18)12(20)4-2-1-3-7-19-13(21)5-6-14(19)22/h5-6H,1-4,7-11H2,(H2,16,23). The molecule has 5 amide bonds. The Hall–Kier alpha value is -2.38. The largest absolute Gasteiger partial charge is 0.351 e. The number of hydrogen-bond acceptors (Lipinski definition) is 4. The van der Waals surface area contributed by atoms with E-state index in [4.69, 9.17) is 5.73 Å². The van der Waals surface area contributed by atoms with Gasteiger partial charge in [-0.15, -0.1) is 0 Å². The third kappa shape index (κ3) is 4.54. The van der Waals surface area contributed by atoms with Gasteiger partial charge in [-0.25, -0.2) is 4.79 Å². The molecule has 0 atom stereocenters. The average Bonchev–Trinajstić information content (AvgIpc) is 2.86. The fourth-order valence-corrected chi connectivity index (χ4v) is 2.71. The molecular formula is C15H22N4O4. The van der Waals surface area contributed by atoms with Crippen molar-refractivity contribution in [2.45, 2.75) is 25.7 Å². The second-order valence-corrected chi connectivity index (χ2v) is 5.68. The highest BCUT2D eigenvalue weighted by Gasteiger charge is 2.23. The van der Waals surface area contributed by atoms with E-state index in [0.717, 1.165) is 12.8 Å². The lowest BCUT2D eigenvalue weighted by Gasteiger charge is -2.33. The summed E-state index contributed by atoms with van der Waals surface area (Å²) in [5.41, 5.74) is 5.20. The van der Waals surface area contributed by atoms with E-state index in [-0.39, 0.29) is 17.7 Å². The van der Waals surface area contributed by atoms with Crippen LogP contribution in [0.5, 0.6) is 0 Å². The first-order valence-corrected chi connectivity index (χ1v) is 7.84. The molecule has 0 aromatic heterocycles. The number of carbonyl (C=O) groups is 4. The molecule has 0 unspecified atom stereocenters. The van der Waals surface area contributed by atoms with Gasteiger partial charge in [-0.1, -0.05) is 6.42 Å². The number of carbonyl (C=O) groups excluding carboxylic acids is 4. The lowest BCUT2D eigenvalue weighted by molar-refractivity contribution is -0.137. The Labute approximate surface area is 134 Å². The number of amides is 5. The number of nitrogens with two attached hydrogens (primary N) is 1. The summed E-state index contributed by atoms with van der Waals surface area (Å²) in [4.78, 5) is 50.3. The van der Waals surface area contributed by atoms with Gasteiger partial charge in [0.05, 0.1) is 0 Å². The Morgan fingerprint density at radius 3 is 2.04 bits per heavy atom. The SMILES string of the molecule is NC(=O)N1CCN(C(=O)CCCCCN2C(=O)C=CC2=O)CC1. The fourth-order valence-electron chi connectivity index (χ4n) is 2.71. The van der Waals surface area contributed by atoms with E-state index in [1.165, 1.54) is 22.0 Å². The second kappa shape index (κ2) is 7.75. The van der Waals surface area contributed by atoms with Gasteiger partial charge in [-0.3, -0.25) is 19.3 Å². The van der Waals surface area contributed by atoms with Crippen LogP contribution >= 0.6 is 0 Å². The first kappa shape index (κ1) is 17.0. The van der Waals surface area contributed by atoms with Gasteiger partial charge in [-0.2, -0.15) is 0 Å². The normalized spacial score (nSPS) is 18.0. The van der Waals surface area contributed by atoms with Crippen molar-refractivity contribution >= 4 is 23.8 Å². The molecule has 8 heteroatoms. The number of hydrogen-bond donors (Lipinski definition) is 1. The van der Waals surface area contributed by atoms with Crippen LogP contribution in [0, 0.1) is 0 Å². The minimum atomic E-state index is -0.447. The maximum Gasteiger partial charge on any atom is 0.314 e. The first-order valence-electron chi connectivity index (χ1n) is 7.84. The Morgan fingerprint density at radius 1 is 0.913 bits per heavy atom. The van der Waals surface area contributed by atoms with Crippen molar-refractivity contribution in [1.82, 2.24) is 14.7 Å². The monoisotopic (exact) mass is 322 g/mol. The maximum atomic E-state index is 12.1. The van der Waals surface area contributed by atoms with Crippen LogP contribution in [0.15, 0.2) is 12.2 Å². The zero-order chi connectivity index (χ0) is 16.8. The smallest absolute Gasteiger partial charge is 0.314 e. The number of piperazine rings is 1. The van der Waals surface area contributed by atoms with E-state index >= 15 is 0 Å². The average molecular weight is 322 g/mol. The molecule has 0 spiro atoms. The molecule has 2 N–H and O–H groups in total. The van der Waals surface area contributed by atoms with Crippen LogP contribution in [0.1, 0.15) is 25.7 Å². The highest BCUT2D eigenvalue weighted by atomic mass is 16.2. The molecule has 2 aliphatic rings. The van der Waals surface area contributed by atoms with E-state index in [2.05, 4.69) is 0 Å². The van der Waals surface area contributed by atoms with Crippen LogP contribution in [0.3, 0.4) is 0 Å². The quantitative estimate of drug-likeness (QED) is 0.535. The van der Waals surface area contributed by atoms with E-state index in [9.17, 15) is 19.2 Å². The van der Waals surface area contributed by atoms with E-state index < -0.39 is 6.03 Å². The predicted octanol–water partition coefficient (Wildman–Crippen LogP) is -0.305. The third-order valence-corrected chi connectivity index (χ3v) is 4.12.